The highest BCUT2D eigenvalue weighted by Crippen LogP contribution is 2.17. The summed E-state index contributed by atoms with van der Waals surface area (Å²) in [7, 11) is 1.97. The summed E-state index contributed by atoms with van der Waals surface area (Å²) in [4.78, 5) is 1.34. The Labute approximate surface area is 107 Å². The molecule has 1 aromatic heterocycles. The van der Waals surface area contributed by atoms with E-state index in [2.05, 4.69) is 58.7 Å². The van der Waals surface area contributed by atoms with Crippen LogP contribution >= 0.6 is 11.8 Å². The lowest BCUT2D eigenvalue weighted by atomic mass is 10.3. The van der Waals surface area contributed by atoms with Gasteiger partial charge in [0, 0.05) is 36.1 Å². The summed E-state index contributed by atoms with van der Waals surface area (Å²) in [5, 5.41) is 3.16. The van der Waals surface area contributed by atoms with Gasteiger partial charge in [-0.2, -0.15) is 0 Å². The van der Waals surface area contributed by atoms with Gasteiger partial charge in [0.05, 0.1) is 0 Å². The van der Waals surface area contributed by atoms with Crippen molar-refractivity contribution in [1.29, 1.82) is 0 Å². The second-order valence-corrected chi connectivity index (χ2v) is 5.12. The predicted octanol–water partition coefficient (Wildman–Crippen LogP) is 3.00. The van der Waals surface area contributed by atoms with Gasteiger partial charge in [-0.3, -0.25) is 0 Å². The SMILES string of the molecule is CNCc1ccn(CCSc2ccccc2)c1. The van der Waals surface area contributed by atoms with E-state index in [0.717, 1.165) is 18.8 Å². The third kappa shape index (κ3) is 3.95. The van der Waals surface area contributed by atoms with Gasteiger partial charge in [-0.1, -0.05) is 18.2 Å². The van der Waals surface area contributed by atoms with Crippen molar-refractivity contribution in [3.63, 3.8) is 0 Å². The Balaban J connectivity index is 1.78. The van der Waals surface area contributed by atoms with Crippen molar-refractivity contribution in [2.45, 2.75) is 18.0 Å². The van der Waals surface area contributed by atoms with Crippen LogP contribution in [0.4, 0.5) is 0 Å². The summed E-state index contributed by atoms with van der Waals surface area (Å²) < 4.78 is 2.25. The molecule has 0 aliphatic rings. The van der Waals surface area contributed by atoms with E-state index in [1.807, 2.05) is 18.8 Å². The second-order valence-electron chi connectivity index (χ2n) is 3.95. The van der Waals surface area contributed by atoms with E-state index < -0.39 is 0 Å². The van der Waals surface area contributed by atoms with Crippen LogP contribution < -0.4 is 5.32 Å². The van der Waals surface area contributed by atoms with Crippen molar-refractivity contribution in [3.05, 3.63) is 54.4 Å². The molecule has 0 saturated heterocycles. The maximum Gasteiger partial charge on any atom is 0.0314 e. The Morgan fingerprint density at radius 3 is 2.76 bits per heavy atom. The Bertz CT molecular complexity index is 436. The molecule has 0 amide bonds. The lowest BCUT2D eigenvalue weighted by Crippen LogP contribution is -2.04. The normalized spacial score (nSPS) is 10.6. The fraction of sp³-hybridized carbons (Fsp3) is 0.286. The van der Waals surface area contributed by atoms with Gasteiger partial charge in [0.15, 0.2) is 0 Å². The van der Waals surface area contributed by atoms with Crippen LogP contribution in [-0.4, -0.2) is 17.4 Å². The monoisotopic (exact) mass is 246 g/mol. The standard InChI is InChI=1S/C14H18N2S/c1-15-11-13-7-8-16(12-13)9-10-17-14-5-3-2-4-6-14/h2-8,12,15H,9-11H2,1H3. The van der Waals surface area contributed by atoms with Crippen LogP contribution in [0.5, 0.6) is 0 Å². The Kier molecular flexibility index (Phi) is 4.71. The van der Waals surface area contributed by atoms with E-state index in [1.54, 1.807) is 0 Å². The van der Waals surface area contributed by atoms with Crippen LogP contribution in [0.2, 0.25) is 0 Å². The minimum absolute atomic E-state index is 0.943. The number of aromatic nitrogens is 1. The van der Waals surface area contributed by atoms with Gasteiger partial charge in [0.25, 0.3) is 0 Å². The molecule has 3 heteroatoms. The van der Waals surface area contributed by atoms with Crippen molar-refractivity contribution in [1.82, 2.24) is 9.88 Å². The van der Waals surface area contributed by atoms with E-state index in [0.29, 0.717) is 0 Å². The summed E-state index contributed by atoms with van der Waals surface area (Å²) in [5.41, 5.74) is 1.34. The van der Waals surface area contributed by atoms with Crippen molar-refractivity contribution in [2.75, 3.05) is 12.8 Å². The van der Waals surface area contributed by atoms with Crippen LogP contribution in [0, 0.1) is 0 Å². The molecule has 1 N–H and O–H groups in total. The van der Waals surface area contributed by atoms with E-state index in [1.165, 1.54) is 10.5 Å². The van der Waals surface area contributed by atoms with Crippen molar-refractivity contribution >= 4 is 11.8 Å². The second kappa shape index (κ2) is 6.52. The molecule has 1 heterocycles. The Morgan fingerprint density at radius 1 is 1.18 bits per heavy atom. The first-order valence-corrected chi connectivity index (χ1v) is 6.84. The summed E-state index contributed by atoms with van der Waals surface area (Å²) in [6, 6.07) is 12.7. The first-order valence-electron chi connectivity index (χ1n) is 5.85. The summed E-state index contributed by atoms with van der Waals surface area (Å²) >= 11 is 1.90. The minimum Gasteiger partial charge on any atom is -0.353 e. The van der Waals surface area contributed by atoms with Gasteiger partial charge in [-0.15, -0.1) is 11.8 Å². The van der Waals surface area contributed by atoms with Crippen LogP contribution in [-0.2, 0) is 13.1 Å². The number of aryl methyl sites for hydroxylation is 1. The zero-order chi connectivity index (χ0) is 11.9. The first-order chi connectivity index (χ1) is 8.38. The van der Waals surface area contributed by atoms with Gasteiger partial charge in [-0.05, 0) is 30.8 Å². The van der Waals surface area contributed by atoms with Gasteiger partial charge < -0.3 is 9.88 Å². The maximum absolute atomic E-state index is 3.16. The molecule has 90 valence electrons. The van der Waals surface area contributed by atoms with Gasteiger partial charge >= 0.3 is 0 Å². The topological polar surface area (TPSA) is 17.0 Å². The molecule has 1 aromatic carbocycles. The van der Waals surface area contributed by atoms with Crippen molar-refractivity contribution in [3.8, 4) is 0 Å². The van der Waals surface area contributed by atoms with E-state index in [9.17, 15) is 0 Å². The molecule has 0 unspecified atom stereocenters. The van der Waals surface area contributed by atoms with E-state index >= 15 is 0 Å². The molecule has 2 aromatic rings. The largest absolute Gasteiger partial charge is 0.353 e. The minimum atomic E-state index is 0.943. The molecule has 0 saturated carbocycles. The van der Waals surface area contributed by atoms with Crippen molar-refractivity contribution in [2.24, 2.45) is 0 Å². The molecule has 0 radical (unpaired) electrons. The number of nitrogens with one attached hydrogen (secondary N) is 1. The third-order valence-corrected chi connectivity index (χ3v) is 3.55. The number of nitrogens with zero attached hydrogens (tertiary/aromatic N) is 1. The van der Waals surface area contributed by atoms with Crippen molar-refractivity contribution < 1.29 is 0 Å². The van der Waals surface area contributed by atoms with Gasteiger partial charge in [-0.25, -0.2) is 0 Å². The van der Waals surface area contributed by atoms with Gasteiger partial charge in [0.1, 0.15) is 0 Å². The van der Waals surface area contributed by atoms with Gasteiger partial charge in [0.2, 0.25) is 0 Å². The molecule has 0 spiro atoms. The summed E-state index contributed by atoms with van der Waals surface area (Å²) in [6.07, 6.45) is 4.36. The van der Waals surface area contributed by atoms with E-state index in [4.69, 9.17) is 0 Å². The van der Waals surface area contributed by atoms with Crippen LogP contribution in [0.1, 0.15) is 5.56 Å². The highest BCUT2D eigenvalue weighted by atomic mass is 32.2. The number of hydrogen-bond donors (Lipinski definition) is 1. The number of rotatable bonds is 6. The summed E-state index contributed by atoms with van der Waals surface area (Å²) in [6.45, 7) is 2.00. The molecule has 2 rings (SSSR count). The average Bonchev–Trinajstić information content (AvgIpc) is 2.79. The molecule has 2 nitrogen and oxygen atoms in total. The van der Waals surface area contributed by atoms with Crippen LogP contribution in [0.15, 0.2) is 53.7 Å². The molecular weight excluding hydrogens is 228 g/mol. The Morgan fingerprint density at radius 2 is 2.00 bits per heavy atom. The van der Waals surface area contributed by atoms with Crippen LogP contribution in [0.25, 0.3) is 0 Å². The fourth-order valence-corrected chi connectivity index (χ4v) is 2.61. The highest BCUT2D eigenvalue weighted by Gasteiger charge is 1.97. The summed E-state index contributed by atoms with van der Waals surface area (Å²) in [5.74, 6) is 1.11. The lowest BCUT2D eigenvalue weighted by molar-refractivity contribution is 0.763. The zero-order valence-electron chi connectivity index (χ0n) is 10.1. The molecule has 0 aliphatic carbocycles. The fourth-order valence-electron chi connectivity index (χ4n) is 1.72. The molecular formula is C14H18N2S. The highest BCUT2D eigenvalue weighted by molar-refractivity contribution is 7.99. The van der Waals surface area contributed by atoms with Crippen LogP contribution in [0.3, 0.4) is 0 Å². The average molecular weight is 246 g/mol. The smallest absolute Gasteiger partial charge is 0.0314 e. The number of benzene rings is 1. The number of thioether (sulfide) groups is 1. The maximum atomic E-state index is 3.16. The Hall–Kier alpha value is -1.19. The molecule has 0 aliphatic heterocycles. The third-order valence-electron chi connectivity index (χ3n) is 2.55. The van der Waals surface area contributed by atoms with E-state index in [-0.39, 0.29) is 0 Å². The molecule has 17 heavy (non-hydrogen) atoms. The predicted molar refractivity (Wildman–Crippen MR) is 74.4 cm³/mol. The zero-order valence-corrected chi connectivity index (χ0v) is 10.9. The number of hydrogen-bond acceptors (Lipinski definition) is 2. The molecule has 0 atom stereocenters. The molecule has 0 fully saturated rings. The first kappa shape index (κ1) is 12.3. The quantitative estimate of drug-likeness (QED) is 0.789. The molecule has 0 bridgehead atoms. The lowest BCUT2D eigenvalue weighted by Gasteiger charge is -2.03.